The predicted molar refractivity (Wildman–Crippen MR) is 116 cm³/mol. The van der Waals surface area contributed by atoms with Gasteiger partial charge >= 0.3 is 6.18 Å². The summed E-state index contributed by atoms with van der Waals surface area (Å²) in [6.45, 7) is 0.0518. The van der Waals surface area contributed by atoms with Crippen LogP contribution >= 0.6 is 11.3 Å². The van der Waals surface area contributed by atoms with E-state index in [-0.39, 0.29) is 18.8 Å². The lowest BCUT2D eigenvalue weighted by molar-refractivity contribution is -0.133. The van der Waals surface area contributed by atoms with Crippen molar-refractivity contribution in [1.82, 2.24) is 0 Å². The number of halogens is 3. The zero-order valence-electron chi connectivity index (χ0n) is 16.9. The molecular weight excluding hydrogens is 423 g/mol. The Bertz CT molecular complexity index is 1020. The lowest BCUT2D eigenvalue weighted by Crippen LogP contribution is -2.40. The van der Waals surface area contributed by atoms with Crippen LogP contribution in [0, 0.1) is 0 Å². The molecular formula is C24H24F3NO2S. The van der Waals surface area contributed by atoms with Gasteiger partial charge in [-0.25, -0.2) is 0 Å². The van der Waals surface area contributed by atoms with Crippen molar-refractivity contribution in [3.05, 3.63) is 76.0 Å². The number of benzene rings is 2. The minimum atomic E-state index is -4.41. The van der Waals surface area contributed by atoms with E-state index in [0.29, 0.717) is 22.1 Å². The summed E-state index contributed by atoms with van der Waals surface area (Å²) < 4.78 is 46.4. The van der Waals surface area contributed by atoms with Crippen LogP contribution < -0.4 is 10.5 Å². The minimum Gasteiger partial charge on any atom is -0.488 e. The largest absolute Gasteiger partial charge is 0.488 e. The monoisotopic (exact) mass is 447 g/mol. The molecule has 0 amide bonds. The first-order valence-electron chi connectivity index (χ1n) is 10.2. The van der Waals surface area contributed by atoms with E-state index in [1.54, 1.807) is 36.4 Å². The van der Waals surface area contributed by atoms with Crippen molar-refractivity contribution in [2.45, 2.75) is 43.5 Å². The molecule has 1 aliphatic rings. The molecule has 1 heterocycles. The van der Waals surface area contributed by atoms with Gasteiger partial charge in [0.1, 0.15) is 17.2 Å². The zero-order valence-corrected chi connectivity index (χ0v) is 17.7. The van der Waals surface area contributed by atoms with Crippen molar-refractivity contribution in [3.63, 3.8) is 0 Å². The summed E-state index contributed by atoms with van der Waals surface area (Å²) in [4.78, 5) is -0.0926. The molecule has 3 nitrogen and oxygen atoms in total. The third kappa shape index (κ3) is 4.95. The van der Waals surface area contributed by atoms with Gasteiger partial charge in [0.2, 0.25) is 0 Å². The molecule has 1 aromatic heterocycles. The van der Waals surface area contributed by atoms with Gasteiger partial charge in [-0.05, 0) is 54.5 Å². The molecule has 1 aliphatic carbocycles. The van der Waals surface area contributed by atoms with Crippen molar-refractivity contribution in [3.8, 4) is 16.9 Å². The molecule has 2 atom stereocenters. The first kappa shape index (κ1) is 21.9. The zero-order chi connectivity index (χ0) is 22.1. The van der Waals surface area contributed by atoms with Crippen LogP contribution in [-0.4, -0.2) is 17.3 Å². The Kier molecular flexibility index (Phi) is 6.10. The smallest absolute Gasteiger partial charge is 0.426 e. The summed E-state index contributed by atoms with van der Waals surface area (Å²) in [7, 11) is 0. The third-order valence-corrected chi connectivity index (χ3v) is 6.97. The van der Waals surface area contributed by atoms with Crippen LogP contribution in [-0.2, 0) is 12.8 Å². The quantitative estimate of drug-likeness (QED) is 0.489. The summed E-state index contributed by atoms with van der Waals surface area (Å²) in [5.41, 5.74) is 7.51. The number of hydrogen-bond donors (Lipinski definition) is 2. The molecule has 0 saturated heterocycles. The molecule has 2 aromatic carbocycles. The Hall–Kier alpha value is -2.35. The second-order valence-corrected chi connectivity index (χ2v) is 9.27. The molecule has 3 aromatic rings. The number of aliphatic hydroxyl groups excluding tert-OH is 1. The Balaban J connectivity index is 1.45. The van der Waals surface area contributed by atoms with Crippen LogP contribution in [0.25, 0.3) is 11.1 Å². The number of thiophene rings is 1. The SMILES string of the molecule is NC1(CO)CCC(c2ccc(OCc3cc(-c4ccccc4)c(C(F)(F)F)s3)cc2)C1. The van der Waals surface area contributed by atoms with Gasteiger partial charge in [-0.3, -0.25) is 0 Å². The fourth-order valence-corrected chi connectivity index (χ4v) is 5.09. The average Bonchev–Trinajstić information content (AvgIpc) is 3.38. The van der Waals surface area contributed by atoms with Gasteiger partial charge in [0, 0.05) is 16.0 Å². The fraction of sp³-hybridized carbons (Fsp3) is 0.333. The number of alkyl halides is 3. The molecule has 0 aliphatic heterocycles. The molecule has 7 heteroatoms. The Morgan fingerprint density at radius 1 is 1.10 bits per heavy atom. The van der Waals surface area contributed by atoms with Crippen LogP contribution in [0.4, 0.5) is 13.2 Å². The van der Waals surface area contributed by atoms with Crippen LogP contribution in [0.1, 0.15) is 40.5 Å². The van der Waals surface area contributed by atoms with E-state index in [2.05, 4.69) is 0 Å². The first-order valence-corrected chi connectivity index (χ1v) is 11.0. The van der Waals surface area contributed by atoms with Gasteiger partial charge < -0.3 is 15.6 Å². The predicted octanol–water partition coefficient (Wildman–Crippen LogP) is 5.97. The summed E-state index contributed by atoms with van der Waals surface area (Å²) in [6, 6.07) is 17.7. The minimum absolute atomic E-state index is 0.0175. The highest BCUT2D eigenvalue weighted by Crippen LogP contribution is 2.43. The van der Waals surface area contributed by atoms with E-state index < -0.39 is 16.6 Å². The second kappa shape index (κ2) is 8.65. The molecule has 0 spiro atoms. The molecule has 2 unspecified atom stereocenters. The van der Waals surface area contributed by atoms with E-state index in [1.807, 2.05) is 24.3 Å². The van der Waals surface area contributed by atoms with Gasteiger partial charge in [-0.1, -0.05) is 42.5 Å². The lowest BCUT2D eigenvalue weighted by atomic mass is 9.94. The normalized spacial score (nSPS) is 21.4. The second-order valence-electron chi connectivity index (χ2n) is 8.14. The van der Waals surface area contributed by atoms with Crippen molar-refractivity contribution in [2.24, 2.45) is 5.73 Å². The van der Waals surface area contributed by atoms with Gasteiger partial charge in [-0.15, -0.1) is 11.3 Å². The van der Waals surface area contributed by atoms with Crippen molar-refractivity contribution >= 4 is 11.3 Å². The molecule has 4 rings (SSSR count). The highest BCUT2D eigenvalue weighted by molar-refractivity contribution is 7.12. The number of ether oxygens (including phenoxy) is 1. The fourth-order valence-electron chi connectivity index (χ4n) is 4.13. The average molecular weight is 448 g/mol. The van der Waals surface area contributed by atoms with Gasteiger partial charge in [0.05, 0.1) is 6.61 Å². The maximum absolute atomic E-state index is 13.5. The molecule has 0 bridgehead atoms. The van der Waals surface area contributed by atoms with E-state index in [0.717, 1.165) is 36.2 Å². The topological polar surface area (TPSA) is 55.5 Å². The van der Waals surface area contributed by atoms with Gasteiger partial charge in [0.15, 0.2) is 0 Å². The maximum atomic E-state index is 13.5. The Labute approximate surface area is 183 Å². The van der Waals surface area contributed by atoms with E-state index in [4.69, 9.17) is 10.5 Å². The van der Waals surface area contributed by atoms with Gasteiger partial charge in [0.25, 0.3) is 0 Å². The molecule has 164 valence electrons. The van der Waals surface area contributed by atoms with E-state index >= 15 is 0 Å². The van der Waals surface area contributed by atoms with E-state index in [9.17, 15) is 18.3 Å². The highest BCUT2D eigenvalue weighted by atomic mass is 32.1. The summed E-state index contributed by atoms with van der Waals surface area (Å²) in [5.74, 6) is 0.900. The third-order valence-electron chi connectivity index (χ3n) is 5.82. The maximum Gasteiger partial charge on any atom is 0.426 e. The van der Waals surface area contributed by atoms with Crippen LogP contribution in [0.5, 0.6) is 5.75 Å². The van der Waals surface area contributed by atoms with Crippen LogP contribution in [0.2, 0.25) is 0 Å². The number of nitrogens with two attached hydrogens (primary N) is 1. The van der Waals surface area contributed by atoms with Gasteiger partial charge in [-0.2, -0.15) is 13.2 Å². The molecule has 31 heavy (non-hydrogen) atoms. The standard InChI is InChI=1S/C24H24F3NO2S/c25-24(26,27)22-21(17-4-2-1-3-5-17)12-20(31-22)14-30-19-8-6-16(7-9-19)18-10-11-23(28,13-18)15-29/h1-9,12,18,29H,10-11,13-15,28H2. The lowest BCUT2D eigenvalue weighted by Gasteiger charge is -2.20. The summed E-state index contributed by atoms with van der Waals surface area (Å²) in [6.07, 6.45) is -1.96. The number of aliphatic hydroxyl groups is 1. The summed E-state index contributed by atoms with van der Waals surface area (Å²) in [5, 5.41) is 9.44. The Morgan fingerprint density at radius 3 is 2.42 bits per heavy atom. The Morgan fingerprint density at radius 2 is 1.81 bits per heavy atom. The first-order chi connectivity index (χ1) is 14.8. The van der Waals surface area contributed by atoms with Crippen LogP contribution in [0.15, 0.2) is 60.7 Å². The van der Waals surface area contributed by atoms with Crippen molar-refractivity contribution < 1.29 is 23.0 Å². The van der Waals surface area contributed by atoms with Crippen molar-refractivity contribution in [1.29, 1.82) is 0 Å². The van der Waals surface area contributed by atoms with Crippen LogP contribution in [0.3, 0.4) is 0 Å². The number of hydrogen-bond acceptors (Lipinski definition) is 4. The van der Waals surface area contributed by atoms with Crippen molar-refractivity contribution in [2.75, 3.05) is 6.61 Å². The number of rotatable bonds is 6. The molecule has 3 N–H and O–H groups in total. The highest BCUT2D eigenvalue weighted by Gasteiger charge is 2.37. The molecule has 1 saturated carbocycles. The summed E-state index contributed by atoms with van der Waals surface area (Å²) >= 11 is 0.719. The molecule has 1 fully saturated rings. The molecule has 0 radical (unpaired) electrons. The van der Waals surface area contributed by atoms with E-state index in [1.165, 1.54) is 0 Å².